The molecule has 4 rings (SSSR count). The Morgan fingerprint density at radius 3 is 2.35 bits per heavy atom. The summed E-state index contributed by atoms with van der Waals surface area (Å²) in [6, 6.07) is 12.1. The highest BCUT2D eigenvalue weighted by molar-refractivity contribution is 6.18. The van der Waals surface area contributed by atoms with Crippen molar-refractivity contribution in [1.82, 2.24) is 4.90 Å². The van der Waals surface area contributed by atoms with E-state index in [1.54, 1.807) is 14.2 Å². The summed E-state index contributed by atoms with van der Waals surface area (Å²) in [6.45, 7) is 3.75. The fourth-order valence-corrected chi connectivity index (χ4v) is 3.98. The summed E-state index contributed by atoms with van der Waals surface area (Å²) < 4.78 is 10.9. The van der Waals surface area contributed by atoms with Gasteiger partial charge in [0.05, 0.1) is 14.2 Å². The molecule has 0 bridgehead atoms. The Balaban J connectivity index is 2.05. The van der Waals surface area contributed by atoms with Gasteiger partial charge in [0, 0.05) is 18.7 Å². The average molecular weight is 349 g/mol. The van der Waals surface area contributed by atoms with E-state index in [1.807, 2.05) is 29.2 Å². The van der Waals surface area contributed by atoms with Gasteiger partial charge in [-0.25, -0.2) is 0 Å². The summed E-state index contributed by atoms with van der Waals surface area (Å²) in [7, 11) is 3.27. The Hall–Kier alpha value is -2.75. The highest BCUT2D eigenvalue weighted by atomic mass is 16.5. The van der Waals surface area contributed by atoms with Gasteiger partial charge in [-0.05, 0) is 65.1 Å². The molecule has 1 heterocycles. The largest absolute Gasteiger partial charge is 0.493 e. The zero-order valence-corrected chi connectivity index (χ0v) is 15.5. The molecule has 26 heavy (non-hydrogen) atoms. The van der Waals surface area contributed by atoms with Gasteiger partial charge in [0.1, 0.15) is 0 Å². The minimum Gasteiger partial charge on any atom is -0.493 e. The van der Waals surface area contributed by atoms with Crippen molar-refractivity contribution < 1.29 is 14.3 Å². The van der Waals surface area contributed by atoms with Crippen LogP contribution in [0.2, 0.25) is 0 Å². The molecule has 0 spiro atoms. The second kappa shape index (κ2) is 6.52. The number of carbonyl (C=O) groups is 1. The summed E-state index contributed by atoms with van der Waals surface area (Å²) in [5, 5.41) is 4.16. The van der Waals surface area contributed by atoms with Crippen molar-refractivity contribution in [3.8, 4) is 11.5 Å². The topological polar surface area (TPSA) is 38.8 Å². The molecule has 0 unspecified atom stereocenters. The Labute approximate surface area is 153 Å². The molecule has 1 aliphatic heterocycles. The lowest BCUT2D eigenvalue weighted by atomic mass is 9.93. The third-order valence-corrected chi connectivity index (χ3v) is 5.31. The van der Waals surface area contributed by atoms with E-state index in [2.05, 4.69) is 19.1 Å². The number of methoxy groups -OCH3 is 2. The highest BCUT2D eigenvalue weighted by Crippen LogP contribution is 2.38. The third-order valence-electron chi connectivity index (χ3n) is 5.31. The Bertz CT molecular complexity index is 1000. The Morgan fingerprint density at radius 1 is 0.962 bits per heavy atom. The van der Waals surface area contributed by atoms with E-state index in [0.717, 1.165) is 58.6 Å². The SMILES string of the molecule is COc1cc2cc(C(=O)N3CCCC3)c3c(C)cccc3c2cc1OC. The number of carbonyl (C=O) groups excluding carboxylic acids is 1. The molecule has 4 nitrogen and oxygen atoms in total. The highest BCUT2D eigenvalue weighted by Gasteiger charge is 2.23. The molecule has 0 aliphatic carbocycles. The number of amides is 1. The van der Waals surface area contributed by atoms with Crippen molar-refractivity contribution in [1.29, 1.82) is 0 Å². The van der Waals surface area contributed by atoms with E-state index in [0.29, 0.717) is 11.5 Å². The van der Waals surface area contributed by atoms with Crippen LogP contribution in [0, 0.1) is 6.92 Å². The molecule has 1 fully saturated rings. The standard InChI is InChI=1S/C22H23NO3/c1-14-7-6-8-16-17-13-20(26-3)19(25-2)12-15(17)11-18(21(14)16)22(24)23-9-4-5-10-23/h6-8,11-13H,4-5,9-10H2,1-3H3. The van der Waals surface area contributed by atoms with Gasteiger partial charge in [0.15, 0.2) is 11.5 Å². The molecule has 1 saturated heterocycles. The molecule has 3 aromatic carbocycles. The normalized spacial score (nSPS) is 14.2. The lowest BCUT2D eigenvalue weighted by molar-refractivity contribution is 0.0795. The maximum atomic E-state index is 13.2. The van der Waals surface area contributed by atoms with E-state index < -0.39 is 0 Å². The number of likely N-dealkylation sites (tertiary alicyclic amines) is 1. The minimum atomic E-state index is 0.124. The molecule has 4 heteroatoms. The number of benzene rings is 3. The third kappa shape index (κ3) is 2.57. The first-order chi connectivity index (χ1) is 12.6. The zero-order chi connectivity index (χ0) is 18.3. The molecule has 134 valence electrons. The summed E-state index contributed by atoms with van der Waals surface area (Å²) in [6.07, 6.45) is 2.17. The van der Waals surface area contributed by atoms with Crippen molar-refractivity contribution >= 4 is 27.5 Å². The quantitative estimate of drug-likeness (QED) is 0.651. The maximum Gasteiger partial charge on any atom is 0.254 e. The van der Waals surface area contributed by atoms with Gasteiger partial charge in [-0.1, -0.05) is 18.2 Å². The summed E-state index contributed by atoms with van der Waals surface area (Å²) >= 11 is 0. The Kier molecular flexibility index (Phi) is 4.19. The summed E-state index contributed by atoms with van der Waals surface area (Å²) in [4.78, 5) is 15.2. The van der Waals surface area contributed by atoms with Crippen LogP contribution in [0.5, 0.6) is 11.5 Å². The number of fused-ring (bicyclic) bond motifs is 3. The zero-order valence-electron chi connectivity index (χ0n) is 15.5. The van der Waals surface area contributed by atoms with Gasteiger partial charge in [0.2, 0.25) is 0 Å². The van der Waals surface area contributed by atoms with Gasteiger partial charge in [0.25, 0.3) is 5.91 Å². The lowest BCUT2D eigenvalue weighted by Gasteiger charge is -2.19. The van der Waals surface area contributed by atoms with Crippen LogP contribution in [0.1, 0.15) is 28.8 Å². The lowest BCUT2D eigenvalue weighted by Crippen LogP contribution is -2.27. The Morgan fingerprint density at radius 2 is 1.65 bits per heavy atom. The van der Waals surface area contributed by atoms with Crippen LogP contribution in [0.4, 0.5) is 0 Å². The van der Waals surface area contributed by atoms with Gasteiger partial charge >= 0.3 is 0 Å². The van der Waals surface area contributed by atoms with Gasteiger partial charge < -0.3 is 14.4 Å². The molecule has 1 amide bonds. The van der Waals surface area contributed by atoms with E-state index in [4.69, 9.17) is 9.47 Å². The predicted octanol–water partition coefficient (Wildman–Crippen LogP) is 4.55. The van der Waals surface area contributed by atoms with E-state index >= 15 is 0 Å². The maximum absolute atomic E-state index is 13.2. The fraction of sp³-hybridized carbons (Fsp3) is 0.318. The summed E-state index contributed by atoms with van der Waals surface area (Å²) in [5.41, 5.74) is 1.89. The second-order valence-corrected chi connectivity index (χ2v) is 6.85. The van der Waals surface area contributed by atoms with E-state index in [9.17, 15) is 4.79 Å². The fourth-order valence-electron chi connectivity index (χ4n) is 3.98. The first-order valence-corrected chi connectivity index (χ1v) is 9.01. The number of hydrogen-bond acceptors (Lipinski definition) is 3. The first-order valence-electron chi connectivity index (χ1n) is 9.01. The van der Waals surface area contributed by atoms with Crippen molar-refractivity contribution in [2.45, 2.75) is 19.8 Å². The van der Waals surface area contributed by atoms with Crippen LogP contribution < -0.4 is 9.47 Å². The number of rotatable bonds is 3. The molecule has 3 aromatic rings. The van der Waals surface area contributed by atoms with Gasteiger partial charge in [-0.15, -0.1) is 0 Å². The van der Waals surface area contributed by atoms with Crippen molar-refractivity contribution in [3.63, 3.8) is 0 Å². The predicted molar refractivity (Wildman–Crippen MR) is 104 cm³/mol. The van der Waals surface area contributed by atoms with Crippen LogP contribution in [0.25, 0.3) is 21.5 Å². The van der Waals surface area contributed by atoms with E-state index in [1.165, 1.54) is 0 Å². The van der Waals surface area contributed by atoms with Crippen molar-refractivity contribution in [2.75, 3.05) is 27.3 Å². The van der Waals surface area contributed by atoms with Crippen LogP contribution >= 0.6 is 0 Å². The average Bonchev–Trinajstić information content (AvgIpc) is 3.20. The van der Waals surface area contributed by atoms with Crippen molar-refractivity contribution in [3.05, 3.63) is 47.5 Å². The van der Waals surface area contributed by atoms with Crippen LogP contribution in [-0.4, -0.2) is 38.1 Å². The summed E-state index contributed by atoms with van der Waals surface area (Å²) in [5.74, 6) is 1.49. The second-order valence-electron chi connectivity index (χ2n) is 6.85. The molecule has 0 N–H and O–H groups in total. The smallest absolute Gasteiger partial charge is 0.254 e. The monoisotopic (exact) mass is 349 g/mol. The molecular formula is C22H23NO3. The van der Waals surface area contributed by atoms with Crippen LogP contribution in [-0.2, 0) is 0 Å². The molecule has 0 atom stereocenters. The molecule has 1 aliphatic rings. The van der Waals surface area contributed by atoms with E-state index in [-0.39, 0.29) is 5.91 Å². The van der Waals surface area contributed by atoms with Gasteiger partial charge in [-0.3, -0.25) is 4.79 Å². The number of nitrogens with zero attached hydrogens (tertiary/aromatic N) is 1. The first kappa shape index (κ1) is 16.7. The van der Waals surface area contributed by atoms with Gasteiger partial charge in [-0.2, -0.15) is 0 Å². The molecular weight excluding hydrogens is 326 g/mol. The number of hydrogen-bond donors (Lipinski definition) is 0. The molecule has 0 aromatic heterocycles. The van der Waals surface area contributed by atoms with Crippen LogP contribution in [0.15, 0.2) is 36.4 Å². The molecule has 0 radical (unpaired) electrons. The number of ether oxygens (including phenoxy) is 2. The number of aryl methyl sites for hydroxylation is 1. The molecule has 0 saturated carbocycles. The minimum absolute atomic E-state index is 0.124. The van der Waals surface area contributed by atoms with Crippen molar-refractivity contribution in [2.24, 2.45) is 0 Å². The van der Waals surface area contributed by atoms with Crippen LogP contribution in [0.3, 0.4) is 0 Å².